The third-order valence-electron chi connectivity index (χ3n) is 5.48. The Morgan fingerprint density at radius 2 is 1.96 bits per heavy atom. The van der Waals surface area contributed by atoms with E-state index in [9.17, 15) is 4.79 Å². The number of aromatic nitrogens is 3. The Balaban J connectivity index is 1.24. The summed E-state index contributed by atoms with van der Waals surface area (Å²) in [6.07, 6.45) is 2.47. The number of benzene rings is 1. The molecule has 5 rings (SSSR count). The van der Waals surface area contributed by atoms with Crippen molar-refractivity contribution in [1.29, 1.82) is 0 Å². The molecule has 1 saturated heterocycles. The number of carbonyl (C=O) groups excluding carboxylic acids is 1. The van der Waals surface area contributed by atoms with Crippen molar-refractivity contribution >= 4 is 22.6 Å². The van der Waals surface area contributed by atoms with Crippen LogP contribution in [0.15, 0.2) is 42.5 Å². The molecule has 3 heterocycles. The van der Waals surface area contributed by atoms with Gasteiger partial charge in [-0.2, -0.15) is 5.10 Å². The van der Waals surface area contributed by atoms with Gasteiger partial charge >= 0.3 is 0 Å². The van der Waals surface area contributed by atoms with Crippen LogP contribution in [0.3, 0.4) is 0 Å². The van der Waals surface area contributed by atoms with Gasteiger partial charge < -0.3 is 14.8 Å². The fraction of sp³-hybridized carbons (Fsp3) is 0.350. The van der Waals surface area contributed by atoms with Gasteiger partial charge in [-0.3, -0.25) is 4.79 Å². The molecule has 1 amide bonds. The third-order valence-corrected chi connectivity index (χ3v) is 5.48. The minimum atomic E-state index is 0.0287. The Kier molecular flexibility index (Phi) is 3.45. The molecule has 2 aromatic heterocycles. The van der Waals surface area contributed by atoms with Crippen LogP contribution < -0.4 is 4.90 Å². The largest absolute Gasteiger partial charge is 0.351 e. The van der Waals surface area contributed by atoms with Gasteiger partial charge in [-0.05, 0) is 37.1 Å². The van der Waals surface area contributed by atoms with Crippen LogP contribution >= 0.6 is 0 Å². The fourth-order valence-corrected chi connectivity index (χ4v) is 3.53. The van der Waals surface area contributed by atoms with Gasteiger partial charge in [0.25, 0.3) is 5.91 Å². The zero-order valence-electron chi connectivity index (χ0n) is 14.7. The molecule has 1 saturated carbocycles. The number of nitrogens with zero attached hydrogens (tertiary/aromatic N) is 4. The first-order chi connectivity index (χ1) is 12.7. The smallest absolute Gasteiger partial charge is 0.270 e. The maximum Gasteiger partial charge on any atom is 0.270 e. The van der Waals surface area contributed by atoms with Crippen molar-refractivity contribution in [3.8, 4) is 0 Å². The molecule has 0 atom stereocenters. The predicted molar refractivity (Wildman–Crippen MR) is 100 cm³/mol. The van der Waals surface area contributed by atoms with Crippen LogP contribution in [0.5, 0.6) is 0 Å². The van der Waals surface area contributed by atoms with Crippen LogP contribution in [0.1, 0.15) is 34.9 Å². The second kappa shape index (κ2) is 5.83. The molecule has 3 aromatic rings. The lowest BCUT2D eigenvalue weighted by molar-refractivity contribution is 0.0700. The number of aromatic amines is 1. The topological polar surface area (TPSA) is 65.1 Å². The zero-order valence-corrected chi connectivity index (χ0v) is 14.7. The summed E-state index contributed by atoms with van der Waals surface area (Å²) >= 11 is 0. The summed E-state index contributed by atoms with van der Waals surface area (Å²) < 4.78 is 0. The van der Waals surface area contributed by atoms with Gasteiger partial charge in [0.1, 0.15) is 5.69 Å². The molecule has 2 fully saturated rings. The van der Waals surface area contributed by atoms with E-state index in [1.807, 2.05) is 42.3 Å². The standard InChI is InChI=1S/C20H21N5O/c1-24(20(26)18-10-14-4-2-3-5-16(14)21-18)15-11-25(12-15)19-9-8-17(22-23-19)13-6-7-13/h2-5,8-10,13,15,21H,6-7,11-12H2,1H3. The Labute approximate surface area is 151 Å². The normalized spacial score (nSPS) is 17.3. The summed E-state index contributed by atoms with van der Waals surface area (Å²) in [5.74, 6) is 1.55. The fourth-order valence-electron chi connectivity index (χ4n) is 3.53. The number of anilines is 1. The SMILES string of the molecule is CN(C(=O)c1cc2ccccc2[nH]1)C1CN(c2ccc(C3CC3)nn2)C1. The molecule has 0 radical (unpaired) electrons. The maximum absolute atomic E-state index is 12.8. The van der Waals surface area contributed by atoms with Crippen LogP contribution in [-0.2, 0) is 0 Å². The van der Waals surface area contributed by atoms with E-state index in [0.29, 0.717) is 11.6 Å². The molecule has 6 nitrogen and oxygen atoms in total. The second-order valence-corrected chi connectivity index (χ2v) is 7.34. The molecule has 26 heavy (non-hydrogen) atoms. The Bertz CT molecular complexity index is 921. The number of fused-ring (bicyclic) bond motifs is 1. The van der Waals surface area contributed by atoms with Crippen molar-refractivity contribution in [2.24, 2.45) is 0 Å². The van der Waals surface area contributed by atoms with Crippen molar-refractivity contribution in [3.63, 3.8) is 0 Å². The number of amides is 1. The van der Waals surface area contributed by atoms with Crippen molar-refractivity contribution < 1.29 is 4.79 Å². The van der Waals surface area contributed by atoms with E-state index >= 15 is 0 Å². The molecule has 0 unspecified atom stereocenters. The molecule has 2 aliphatic rings. The average molecular weight is 347 g/mol. The highest BCUT2D eigenvalue weighted by molar-refractivity contribution is 5.98. The quantitative estimate of drug-likeness (QED) is 0.788. The summed E-state index contributed by atoms with van der Waals surface area (Å²) in [5, 5.41) is 9.76. The molecule has 1 N–H and O–H groups in total. The molecule has 1 aliphatic heterocycles. The number of H-pyrrole nitrogens is 1. The Hall–Kier alpha value is -2.89. The highest BCUT2D eigenvalue weighted by Crippen LogP contribution is 2.38. The minimum absolute atomic E-state index is 0.0287. The molecule has 0 bridgehead atoms. The van der Waals surface area contributed by atoms with E-state index in [1.165, 1.54) is 12.8 Å². The van der Waals surface area contributed by atoms with E-state index in [0.717, 1.165) is 35.5 Å². The van der Waals surface area contributed by atoms with E-state index < -0.39 is 0 Å². The van der Waals surface area contributed by atoms with Gasteiger partial charge in [-0.15, -0.1) is 5.10 Å². The number of rotatable bonds is 4. The first-order valence-corrected chi connectivity index (χ1v) is 9.12. The van der Waals surface area contributed by atoms with Crippen LogP contribution in [0.4, 0.5) is 5.82 Å². The van der Waals surface area contributed by atoms with Crippen molar-refractivity contribution in [2.45, 2.75) is 24.8 Å². The molecule has 1 aliphatic carbocycles. The van der Waals surface area contributed by atoms with Crippen molar-refractivity contribution in [1.82, 2.24) is 20.1 Å². The van der Waals surface area contributed by atoms with Crippen LogP contribution in [0.2, 0.25) is 0 Å². The van der Waals surface area contributed by atoms with Crippen molar-refractivity contribution in [3.05, 3.63) is 53.9 Å². The Morgan fingerprint density at radius 3 is 2.65 bits per heavy atom. The van der Waals surface area contributed by atoms with Crippen LogP contribution in [0.25, 0.3) is 10.9 Å². The molecule has 1 aromatic carbocycles. The highest BCUT2D eigenvalue weighted by Gasteiger charge is 2.34. The first kappa shape index (κ1) is 15.4. The van der Waals surface area contributed by atoms with E-state index in [1.54, 1.807) is 0 Å². The summed E-state index contributed by atoms with van der Waals surface area (Å²) in [6.45, 7) is 1.58. The van der Waals surface area contributed by atoms with Crippen LogP contribution in [0, 0.1) is 0 Å². The lowest BCUT2D eigenvalue weighted by atomic mass is 10.1. The lowest BCUT2D eigenvalue weighted by Crippen LogP contribution is -2.60. The minimum Gasteiger partial charge on any atom is -0.351 e. The van der Waals surface area contributed by atoms with E-state index in [-0.39, 0.29) is 11.9 Å². The number of hydrogen-bond acceptors (Lipinski definition) is 4. The van der Waals surface area contributed by atoms with Gasteiger partial charge in [-0.1, -0.05) is 18.2 Å². The zero-order chi connectivity index (χ0) is 17.7. The number of para-hydroxylation sites is 1. The highest BCUT2D eigenvalue weighted by atomic mass is 16.2. The van der Waals surface area contributed by atoms with E-state index in [4.69, 9.17) is 0 Å². The second-order valence-electron chi connectivity index (χ2n) is 7.34. The van der Waals surface area contributed by atoms with Gasteiger partial charge in [0.2, 0.25) is 0 Å². The van der Waals surface area contributed by atoms with Gasteiger partial charge in [0.05, 0.1) is 11.7 Å². The van der Waals surface area contributed by atoms with E-state index in [2.05, 4.69) is 32.2 Å². The summed E-state index contributed by atoms with van der Waals surface area (Å²) in [5.41, 5.74) is 2.74. The molecule has 132 valence electrons. The monoisotopic (exact) mass is 347 g/mol. The number of nitrogens with one attached hydrogen (secondary N) is 1. The van der Waals surface area contributed by atoms with Gasteiger partial charge in [0, 0.05) is 37.0 Å². The predicted octanol–water partition coefficient (Wildman–Crippen LogP) is 2.80. The number of carbonyl (C=O) groups is 1. The summed E-state index contributed by atoms with van der Waals surface area (Å²) in [4.78, 5) is 20.0. The van der Waals surface area contributed by atoms with Gasteiger partial charge in [0.15, 0.2) is 5.82 Å². The molecular weight excluding hydrogens is 326 g/mol. The van der Waals surface area contributed by atoms with Crippen molar-refractivity contribution in [2.75, 3.05) is 25.0 Å². The lowest BCUT2D eigenvalue weighted by Gasteiger charge is -2.44. The summed E-state index contributed by atoms with van der Waals surface area (Å²) in [6, 6.07) is 14.2. The Morgan fingerprint density at radius 1 is 1.15 bits per heavy atom. The molecule has 6 heteroatoms. The number of likely N-dealkylation sites (N-methyl/N-ethyl adjacent to an activating group) is 1. The molecular formula is C20H21N5O. The summed E-state index contributed by atoms with van der Waals surface area (Å²) in [7, 11) is 1.87. The number of hydrogen-bond donors (Lipinski definition) is 1. The molecule has 0 spiro atoms. The average Bonchev–Trinajstić information content (AvgIpc) is 3.38. The van der Waals surface area contributed by atoms with Crippen LogP contribution in [-0.4, -0.2) is 52.2 Å². The maximum atomic E-state index is 12.8. The first-order valence-electron chi connectivity index (χ1n) is 9.12. The van der Waals surface area contributed by atoms with Gasteiger partial charge in [-0.25, -0.2) is 0 Å². The third kappa shape index (κ3) is 2.62.